The number of amides is 1. The number of Topliss-reactive ketones (excluding diaryl/α,β-unsaturated/α-hetero) is 1. The van der Waals surface area contributed by atoms with Crippen LogP contribution < -0.4 is 11.2 Å². The van der Waals surface area contributed by atoms with E-state index < -0.39 is 11.2 Å². The number of rotatable bonds is 6. The second-order valence-corrected chi connectivity index (χ2v) is 7.28. The summed E-state index contributed by atoms with van der Waals surface area (Å²) in [5, 5.41) is 0.598. The molecule has 8 heteroatoms. The first kappa shape index (κ1) is 21.5. The van der Waals surface area contributed by atoms with Gasteiger partial charge in [-0.15, -0.1) is 0 Å². The van der Waals surface area contributed by atoms with E-state index >= 15 is 0 Å². The Morgan fingerprint density at radius 1 is 1.03 bits per heavy atom. The van der Waals surface area contributed by atoms with Gasteiger partial charge < -0.3 is 4.90 Å². The molecule has 0 aliphatic carbocycles. The molecule has 0 fully saturated rings. The number of carbonyl (C=O) groups excluding carboxylic acids is 2. The molecule has 7 nitrogen and oxygen atoms in total. The highest BCUT2D eigenvalue weighted by Gasteiger charge is 2.19. The number of halogens is 1. The lowest BCUT2D eigenvalue weighted by atomic mass is 10.1. The van der Waals surface area contributed by atoms with Gasteiger partial charge in [0.1, 0.15) is 6.54 Å². The fourth-order valence-corrected chi connectivity index (χ4v) is 3.56. The molecule has 0 radical (unpaired) electrons. The average molecular weight is 428 g/mol. The van der Waals surface area contributed by atoms with Crippen LogP contribution in [0.25, 0.3) is 16.6 Å². The molecule has 1 heterocycles. The second kappa shape index (κ2) is 8.67. The molecular formula is C22H22ClN3O4. The average Bonchev–Trinajstić information content (AvgIpc) is 2.72. The van der Waals surface area contributed by atoms with E-state index in [4.69, 9.17) is 11.6 Å². The molecule has 1 amide bonds. The number of ketones is 1. The van der Waals surface area contributed by atoms with Gasteiger partial charge in [-0.2, -0.15) is 0 Å². The van der Waals surface area contributed by atoms with Crippen LogP contribution in [0.15, 0.2) is 52.1 Å². The molecule has 0 unspecified atom stereocenters. The highest BCUT2D eigenvalue weighted by molar-refractivity contribution is 6.31. The van der Waals surface area contributed by atoms with Crippen molar-refractivity contribution >= 4 is 34.2 Å². The van der Waals surface area contributed by atoms with Crippen molar-refractivity contribution in [2.24, 2.45) is 0 Å². The number of hydrogen-bond donors (Lipinski definition) is 0. The van der Waals surface area contributed by atoms with Gasteiger partial charge in [0.15, 0.2) is 5.78 Å². The molecule has 3 aromatic rings. The molecule has 0 atom stereocenters. The number of nitrogens with zero attached hydrogens (tertiary/aromatic N) is 3. The highest BCUT2D eigenvalue weighted by atomic mass is 35.5. The third kappa shape index (κ3) is 3.93. The van der Waals surface area contributed by atoms with Crippen LogP contribution >= 0.6 is 11.6 Å². The lowest BCUT2D eigenvalue weighted by Gasteiger charge is -2.20. The monoisotopic (exact) mass is 427 g/mol. The van der Waals surface area contributed by atoms with Crippen molar-refractivity contribution in [2.75, 3.05) is 13.1 Å². The zero-order valence-electron chi connectivity index (χ0n) is 17.0. The molecule has 0 bridgehead atoms. The first-order valence-corrected chi connectivity index (χ1v) is 10.0. The fourth-order valence-electron chi connectivity index (χ4n) is 3.40. The first-order chi connectivity index (χ1) is 14.3. The lowest BCUT2D eigenvalue weighted by Crippen LogP contribution is -2.42. The van der Waals surface area contributed by atoms with Crippen LogP contribution in [-0.2, 0) is 11.3 Å². The third-order valence-electron chi connectivity index (χ3n) is 5.03. The molecule has 30 heavy (non-hydrogen) atoms. The summed E-state index contributed by atoms with van der Waals surface area (Å²) in [5.74, 6) is -0.430. The summed E-state index contributed by atoms with van der Waals surface area (Å²) in [6.07, 6.45) is 0. The number of hydrogen-bond acceptors (Lipinski definition) is 4. The number of benzene rings is 2. The summed E-state index contributed by atoms with van der Waals surface area (Å²) < 4.78 is 2.24. The molecule has 0 spiro atoms. The van der Waals surface area contributed by atoms with Crippen molar-refractivity contribution in [3.8, 4) is 5.69 Å². The first-order valence-electron chi connectivity index (χ1n) is 9.62. The van der Waals surface area contributed by atoms with Crippen LogP contribution in [0.4, 0.5) is 0 Å². The van der Waals surface area contributed by atoms with E-state index in [9.17, 15) is 19.2 Å². The van der Waals surface area contributed by atoms with Crippen LogP contribution in [0, 0.1) is 0 Å². The van der Waals surface area contributed by atoms with E-state index in [0.717, 1.165) is 4.57 Å². The van der Waals surface area contributed by atoms with Gasteiger partial charge in [0, 0.05) is 23.7 Å². The highest BCUT2D eigenvalue weighted by Crippen LogP contribution is 2.17. The van der Waals surface area contributed by atoms with Gasteiger partial charge in [0.25, 0.3) is 5.56 Å². The van der Waals surface area contributed by atoms with Crippen LogP contribution in [0.1, 0.15) is 31.1 Å². The summed E-state index contributed by atoms with van der Waals surface area (Å²) in [6.45, 7) is 5.89. The predicted octanol–water partition coefficient (Wildman–Crippen LogP) is 2.88. The number of carbonyl (C=O) groups is 2. The van der Waals surface area contributed by atoms with Gasteiger partial charge >= 0.3 is 5.69 Å². The minimum absolute atomic E-state index is 0.186. The van der Waals surface area contributed by atoms with E-state index in [2.05, 4.69) is 0 Å². The van der Waals surface area contributed by atoms with E-state index in [1.807, 2.05) is 13.8 Å². The molecule has 1 aromatic heterocycles. The Morgan fingerprint density at radius 3 is 2.37 bits per heavy atom. The van der Waals surface area contributed by atoms with E-state index in [0.29, 0.717) is 23.7 Å². The Labute approximate surface area is 178 Å². The summed E-state index contributed by atoms with van der Waals surface area (Å²) in [6, 6.07) is 10.9. The Kier molecular flexibility index (Phi) is 6.22. The zero-order chi connectivity index (χ0) is 22.0. The lowest BCUT2D eigenvalue weighted by molar-refractivity contribution is -0.131. The fraction of sp³-hybridized carbons (Fsp3) is 0.273. The molecule has 0 saturated carbocycles. The molecule has 0 N–H and O–H groups in total. The third-order valence-corrected chi connectivity index (χ3v) is 5.26. The standard InChI is InChI=1S/C22H22ClN3O4/c1-4-24(5-2)20(28)13-25-19-12-16(23)9-10-18(19)21(29)26(22(25)30)17-8-6-7-15(11-17)14(3)27/h6-12H,4-5,13H2,1-3H3. The van der Waals surface area contributed by atoms with Gasteiger partial charge in [0.05, 0.1) is 16.6 Å². The number of fused-ring (bicyclic) bond motifs is 1. The van der Waals surface area contributed by atoms with Crippen molar-refractivity contribution in [3.63, 3.8) is 0 Å². The predicted molar refractivity (Wildman–Crippen MR) is 117 cm³/mol. The Hall–Kier alpha value is -3.19. The Morgan fingerprint density at radius 2 is 1.73 bits per heavy atom. The van der Waals surface area contributed by atoms with Crippen molar-refractivity contribution in [2.45, 2.75) is 27.3 Å². The maximum atomic E-state index is 13.4. The van der Waals surface area contributed by atoms with Gasteiger partial charge in [-0.1, -0.05) is 23.7 Å². The van der Waals surface area contributed by atoms with Crippen molar-refractivity contribution in [3.05, 3.63) is 73.9 Å². The topological polar surface area (TPSA) is 81.4 Å². The van der Waals surface area contributed by atoms with Crippen LogP contribution in [0.3, 0.4) is 0 Å². The maximum absolute atomic E-state index is 13.4. The van der Waals surface area contributed by atoms with E-state index in [1.54, 1.807) is 29.2 Å². The molecule has 0 aliphatic heterocycles. The van der Waals surface area contributed by atoms with Crippen molar-refractivity contribution in [1.29, 1.82) is 0 Å². The molecule has 2 aromatic carbocycles. The minimum Gasteiger partial charge on any atom is -0.342 e. The minimum atomic E-state index is -0.670. The van der Waals surface area contributed by atoms with Gasteiger partial charge in [-0.3, -0.25) is 19.0 Å². The molecule has 3 rings (SSSR count). The maximum Gasteiger partial charge on any atom is 0.336 e. The number of aromatic nitrogens is 2. The van der Waals surface area contributed by atoms with Crippen molar-refractivity contribution in [1.82, 2.24) is 14.0 Å². The summed E-state index contributed by atoms with van der Waals surface area (Å²) >= 11 is 6.10. The number of likely N-dealkylation sites (N-methyl/N-ethyl adjacent to an activating group) is 1. The Balaban J connectivity index is 2.33. The van der Waals surface area contributed by atoms with Crippen LogP contribution in [0.2, 0.25) is 5.02 Å². The van der Waals surface area contributed by atoms with Crippen LogP contribution in [-0.4, -0.2) is 38.8 Å². The smallest absolute Gasteiger partial charge is 0.336 e. The van der Waals surface area contributed by atoms with Crippen molar-refractivity contribution < 1.29 is 9.59 Å². The summed E-state index contributed by atoms with van der Waals surface area (Å²) in [5.41, 5.74) is -0.286. The second-order valence-electron chi connectivity index (χ2n) is 6.84. The van der Waals surface area contributed by atoms with Gasteiger partial charge in [-0.05, 0) is 51.1 Å². The van der Waals surface area contributed by atoms with Gasteiger partial charge in [0.2, 0.25) is 5.91 Å². The normalized spacial score (nSPS) is 10.9. The molecule has 0 saturated heterocycles. The largest absolute Gasteiger partial charge is 0.342 e. The van der Waals surface area contributed by atoms with Gasteiger partial charge in [-0.25, -0.2) is 9.36 Å². The zero-order valence-corrected chi connectivity index (χ0v) is 17.8. The molecule has 156 valence electrons. The van der Waals surface area contributed by atoms with E-state index in [1.165, 1.54) is 29.7 Å². The van der Waals surface area contributed by atoms with Crippen LogP contribution in [0.5, 0.6) is 0 Å². The quantitative estimate of drug-likeness (QED) is 0.566. The molecular weight excluding hydrogens is 406 g/mol. The van der Waals surface area contributed by atoms with E-state index in [-0.39, 0.29) is 34.8 Å². The Bertz CT molecular complexity index is 1260. The summed E-state index contributed by atoms with van der Waals surface area (Å²) in [4.78, 5) is 52.6. The molecule has 0 aliphatic rings. The summed E-state index contributed by atoms with van der Waals surface area (Å²) in [7, 11) is 0. The SMILES string of the molecule is CCN(CC)C(=O)Cn1c(=O)n(-c2cccc(C(C)=O)c2)c(=O)c2ccc(Cl)cc21.